The van der Waals surface area contributed by atoms with Crippen molar-refractivity contribution in [2.45, 2.75) is 38.8 Å². The van der Waals surface area contributed by atoms with Crippen LogP contribution >= 0.6 is 0 Å². The Balaban J connectivity index is 2.05. The van der Waals surface area contributed by atoms with E-state index < -0.39 is 6.43 Å². The van der Waals surface area contributed by atoms with E-state index in [1.54, 1.807) is 12.1 Å². The summed E-state index contributed by atoms with van der Waals surface area (Å²) in [6.07, 6.45) is -0.137. The number of nitrogens with zero attached hydrogens (tertiary/aromatic N) is 1. The lowest BCUT2D eigenvalue weighted by Crippen LogP contribution is -2.45. The number of benzene rings is 1. The van der Waals surface area contributed by atoms with E-state index in [2.05, 4.69) is 11.8 Å². The molecule has 2 rings (SSSR count). The van der Waals surface area contributed by atoms with Crippen LogP contribution in [-0.2, 0) is 6.54 Å². The number of piperidine rings is 1. The van der Waals surface area contributed by atoms with Gasteiger partial charge in [0.25, 0.3) is 6.43 Å². The molecule has 0 saturated carbocycles. The molecular formula is C15H22F2N2. The van der Waals surface area contributed by atoms with E-state index in [0.29, 0.717) is 18.5 Å². The van der Waals surface area contributed by atoms with Crippen molar-refractivity contribution in [1.82, 2.24) is 4.90 Å². The summed E-state index contributed by atoms with van der Waals surface area (Å²) in [4.78, 5) is 2.32. The lowest BCUT2D eigenvalue weighted by atomic mass is 9.92. The Morgan fingerprint density at radius 2 is 2.21 bits per heavy atom. The molecule has 0 aromatic heterocycles. The average Bonchev–Trinajstić information content (AvgIpc) is 2.41. The molecule has 0 amide bonds. The van der Waals surface area contributed by atoms with E-state index in [-0.39, 0.29) is 5.56 Å². The highest BCUT2D eigenvalue weighted by molar-refractivity contribution is 5.24. The van der Waals surface area contributed by atoms with E-state index >= 15 is 0 Å². The van der Waals surface area contributed by atoms with Gasteiger partial charge < -0.3 is 5.73 Å². The van der Waals surface area contributed by atoms with E-state index in [4.69, 9.17) is 5.73 Å². The molecule has 19 heavy (non-hydrogen) atoms. The topological polar surface area (TPSA) is 29.3 Å². The standard InChI is InChI=1S/C15H22F2N2/c1-11-5-6-19(14(7-11)9-18)10-12-3-2-4-13(8-12)15(16)17/h2-4,8,11,14-15H,5-7,9-10,18H2,1H3. The first-order valence-corrected chi connectivity index (χ1v) is 6.91. The summed E-state index contributed by atoms with van der Waals surface area (Å²) in [6, 6.07) is 7.08. The van der Waals surface area contributed by atoms with Crippen molar-refractivity contribution in [1.29, 1.82) is 0 Å². The van der Waals surface area contributed by atoms with Crippen LogP contribution in [-0.4, -0.2) is 24.0 Å². The molecule has 1 heterocycles. The smallest absolute Gasteiger partial charge is 0.263 e. The highest BCUT2D eigenvalue weighted by Crippen LogP contribution is 2.25. The van der Waals surface area contributed by atoms with Gasteiger partial charge in [-0.3, -0.25) is 4.90 Å². The summed E-state index contributed by atoms with van der Waals surface area (Å²) in [5, 5.41) is 0. The van der Waals surface area contributed by atoms with Crippen LogP contribution in [0.2, 0.25) is 0 Å². The number of hydrogen-bond donors (Lipinski definition) is 1. The zero-order valence-corrected chi connectivity index (χ0v) is 11.4. The molecule has 0 spiro atoms. The van der Waals surface area contributed by atoms with Gasteiger partial charge in [0.15, 0.2) is 0 Å². The third-order valence-corrected chi connectivity index (χ3v) is 3.96. The Hall–Kier alpha value is -1.00. The van der Waals surface area contributed by atoms with E-state index in [9.17, 15) is 8.78 Å². The van der Waals surface area contributed by atoms with Gasteiger partial charge in [0, 0.05) is 24.7 Å². The fourth-order valence-corrected chi connectivity index (χ4v) is 2.82. The van der Waals surface area contributed by atoms with Crippen molar-refractivity contribution in [3.63, 3.8) is 0 Å². The molecule has 1 fully saturated rings. The summed E-state index contributed by atoms with van der Waals surface area (Å²) in [5.41, 5.74) is 6.88. The molecule has 106 valence electrons. The predicted molar refractivity (Wildman–Crippen MR) is 73.0 cm³/mol. The molecule has 2 nitrogen and oxygen atoms in total. The summed E-state index contributed by atoms with van der Waals surface area (Å²) in [6.45, 7) is 4.60. The van der Waals surface area contributed by atoms with Gasteiger partial charge in [-0.25, -0.2) is 8.78 Å². The third-order valence-electron chi connectivity index (χ3n) is 3.96. The molecule has 0 aliphatic carbocycles. The number of rotatable bonds is 4. The molecule has 0 radical (unpaired) electrons. The quantitative estimate of drug-likeness (QED) is 0.908. The second kappa shape index (κ2) is 6.44. The maximum absolute atomic E-state index is 12.7. The fraction of sp³-hybridized carbons (Fsp3) is 0.600. The molecule has 2 atom stereocenters. The molecule has 1 saturated heterocycles. The lowest BCUT2D eigenvalue weighted by molar-refractivity contribution is 0.115. The molecule has 1 aromatic carbocycles. The van der Waals surface area contributed by atoms with Crippen molar-refractivity contribution in [3.8, 4) is 0 Å². The number of nitrogens with two attached hydrogens (primary N) is 1. The number of hydrogen-bond acceptors (Lipinski definition) is 2. The van der Waals surface area contributed by atoms with Crippen LogP contribution in [0.4, 0.5) is 8.78 Å². The van der Waals surface area contributed by atoms with Crippen molar-refractivity contribution in [2.75, 3.05) is 13.1 Å². The predicted octanol–water partition coefficient (Wildman–Crippen LogP) is 3.18. The van der Waals surface area contributed by atoms with Crippen LogP contribution in [0.25, 0.3) is 0 Å². The number of halogens is 2. The second-order valence-electron chi connectivity index (χ2n) is 5.54. The Morgan fingerprint density at radius 3 is 2.89 bits per heavy atom. The van der Waals surface area contributed by atoms with Crippen LogP contribution in [0.1, 0.15) is 37.3 Å². The van der Waals surface area contributed by atoms with Crippen molar-refractivity contribution in [3.05, 3.63) is 35.4 Å². The fourth-order valence-electron chi connectivity index (χ4n) is 2.82. The van der Waals surface area contributed by atoms with Crippen LogP contribution < -0.4 is 5.73 Å². The van der Waals surface area contributed by atoms with Crippen molar-refractivity contribution in [2.24, 2.45) is 11.7 Å². The van der Waals surface area contributed by atoms with Gasteiger partial charge in [0.2, 0.25) is 0 Å². The second-order valence-corrected chi connectivity index (χ2v) is 5.54. The number of likely N-dealkylation sites (tertiary alicyclic amines) is 1. The Morgan fingerprint density at radius 1 is 1.42 bits per heavy atom. The van der Waals surface area contributed by atoms with Crippen LogP contribution in [0, 0.1) is 5.92 Å². The highest BCUT2D eigenvalue weighted by atomic mass is 19.3. The minimum absolute atomic E-state index is 0.104. The van der Waals surface area contributed by atoms with Gasteiger partial charge in [-0.2, -0.15) is 0 Å². The minimum atomic E-state index is -2.40. The summed E-state index contributed by atoms with van der Waals surface area (Å²) in [7, 11) is 0. The third kappa shape index (κ3) is 3.74. The maximum atomic E-state index is 12.7. The normalized spacial score (nSPS) is 24.9. The Labute approximate surface area is 113 Å². The Bertz CT molecular complexity index is 409. The molecule has 1 aliphatic heterocycles. The molecule has 2 N–H and O–H groups in total. The largest absolute Gasteiger partial charge is 0.329 e. The van der Waals surface area contributed by atoms with Gasteiger partial charge >= 0.3 is 0 Å². The highest BCUT2D eigenvalue weighted by Gasteiger charge is 2.25. The summed E-state index contributed by atoms with van der Waals surface area (Å²) < 4.78 is 25.4. The summed E-state index contributed by atoms with van der Waals surface area (Å²) in [5.74, 6) is 0.706. The monoisotopic (exact) mass is 268 g/mol. The van der Waals surface area contributed by atoms with Crippen LogP contribution in [0.15, 0.2) is 24.3 Å². The van der Waals surface area contributed by atoms with Gasteiger partial charge in [-0.1, -0.05) is 25.1 Å². The van der Waals surface area contributed by atoms with Crippen LogP contribution in [0.5, 0.6) is 0 Å². The average molecular weight is 268 g/mol. The first-order chi connectivity index (χ1) is 9.10. The molecule has 1 aliphatic rings. The molecule has 2 unspecified atom stereocenters. The number of alkyl halides is 2. The zero-order chi connectivity index (χ0) is 13.8. The molecule has 4 heteroatoms. The SMILES string of the molecule is CC1CCN(Cc2cccc(C(F)F)c2)C(CN)C1. The lowest BCUT2D eigenvalue weighted by Gasteiger charge is -2.38. The van der Waals surface area contributed by atoms with E-state index in [1.165, 1.54) is 6.07 Å². The Kier molecular flexibility index (Phi) is 4.88. The molecule has 0 bridgehead atoms. The van der Waals surface area contributed by atoms with Crippen LogP contribution in [0.3, 0.4) is 0 Å². The van der Waals surface area contributed by atoms with Crippen molar-refractivity contribution < 1.29 is 8.78 Å². The van der Waals surface area contributed by atoms with Gasteiger partial charge in [-0.05, 0) is 36.9 Å². The minimum Gasteiger partial charge on any atom is -0.329 e. The van der Waals surface area contributed by atoms with Gasteiger partial charge in [-0.15, -0.1) is 0 Å². The van der Waals surface area contributed by atoms with Gasteiger partial charge in [0.1, 0.15) is 0 Å². The zero-order valence-electron chi connectivity index (χ0n) is 11.4. The molecule has 1 aromatic rings. The summed E-state index contributed by atoms with van der Waals surface area (Å²) >= 11 is 0. The molecular weight excluding hydrogens is 246 g/mol. The first-order valence-electron chi connectivity index (χ1n) is 6.91. The van der Waals surface area contributed by atoms with Crippen molar-refractivity contribution >= 4 is 0 Å². The van der Waals surface area contributed by atoms with E-state index in [0.717, 1.165) is 31.5 Å². The van der Waals surface area contributed by atoms with E-state index in [1.807, 2.05) is 6.07 Å². The maximum Gasteiger partial charge on any atom is 0.263 e. The van der Waals surface area contributed by atoms with Gasteiger partial charge in [0.05, 0.1) is 0 Å². The first kappa shape index (κ1) is 14.4.